The zero-order chi connectivity index (χ0) is 21.1. The zero-order valence-corrected chi connectivity index (χ0v) is 17.2. The molecule has 2 heterocycles. The van der Waals surface area contributed by atoms with Gasteiger partial charge in [0.2, 0.25) is 0 Å². The molecular weight excluding hydrogens is 376 g/mol. The third kappa shape index (κ3) is 8.04. The van der Waals surface area contributed by atoms with Crippen LogP contribution in [0.3, 0.4) is 0 Å². The van der Waals surface area contributed by atoms with E-state index in [2.05, 4.69) is 16.7 Å². The van der Waals surface area contributed by atoms with Crippen LogP contribution >= 0.6 is 0 Å². The normalized spacial score (nSPS) is 25.3. The van der Waals surface area contributed by atoms with Crippen molar-refractivity contribution in [3.63, 3.8) is 0 Å². The number of ether oxygens (including phenoxy) is 2. The van der Waals surface area contributed by atoms with E-state index in [-0.39, 0.29) is 37.1 Å². The van der Waals surface area contributed by atoms with Crippen LogP contribution in [0.25, 0.3) is 0 Å². The molecular formula is C21H34N2O6. The maximum absolute atomic E-state index is 12.0. The van der Waals surface area contributed by atoms with E-state index in [4.69, 9.17) is 14.6 Å². The maximum atomic E-state index is 12.0. The Hall–Kier alpha value is -2.09. The average molecular weight is 411 g/mol. The van der Waals surface area contributed by atoms with Crippen molar-refractivity contribution in [1.82, 2.24) is 10.6 Å². The Morgan fingerprint density at radius 1 is 1.10 bits per heavy atom. The van der Waals surface area contributed by atoms with E-state index in [0.717, 1.165) is 38.5 Å². The smallest absolute Gasteiger partial charge is 0.407 e. The fraction of sp³-hybridized carbons (Fsp3) is 0.762. The van der Waals surface area contributed by atoms with E-state index < -0.39 is 12.1 Å². The highest BCUT2D eigenvalue weighted by atomic mass is 16.6. The number of carbonyl (C=O) groups excluding carboxylic acids is 2. The summed E-state index contributed by atoms with van der Waals surface area (Å²) in [5.74, 6) is -0.470. The quantitative estimate of drug-likeness (QED) is 0.318. The third-order valence-corrected chi connectivity index (χ3v) is 5.60. The first kappa shape index (κ1) is 23.2. The molecule has 8 nitrogen and oxygen atoms in total. The van der Waals surface area contributed by atoms with E-state index in [1.165, 1.54) is 0 Å². The predicted molar refractivity (Wildman–Crippen MR) is 107 cm³/mol. The first-order valence-corrected chi connectivity index (χ1v) is 10.7. The van der Waals surface area contributed by atoms with Gasteiger partial charge in [0, 0.05) is 25.4 Å². The summed E-state index contributed by atoms with van der Waals surface area (Å²) in [4.78, 5) is 34.0. The molecule has 0 unspecified atom stereocenters. The van der Waals surface area contributed by atoms with Crippen LogP contribution in [-0.4, -0.2) is 55.0 Å². The van der Waals surface area contributed by atoms with Crippen LogP contribution in [0.2, 0.25) is 0 Å². The minimum absolute atomic E-state index is 0.170. The first-order valence-electron chi connectivity index (χ1n) is 10.7. The van der Waals surface area contributed by atoms with Crippen molar-refractivity contribution in [1.29, 1.82) is 0 Å². The highest BCUT2D eigenvalue weighted by Gasteiger charge is 2.47. The van der Waals surface area contributed by atoms with Crippen molar-refractivity contribution in [3.05, 3.63) is 12.2 Å². The van der Waals surface area contributed by atoms with Gasteiger partial charge in [-0.15, -0.1) is 0 Å². The van der Waals surface area contributed by atoms with Gasteiger partial charge in [0.1, 0.15) is 0 Å². The highest BCUT2D eigenvalue weighted by molar-refractivity contribution is 5.80. The Morgan fingerprint density at radius 3 is 2.59 bits per heavy atom. The summed E-state index contributed by atoms with van der Waals surface area (Å²) in [6, 6.07) is 0. The average Bonchev–Trinajstić information content (AvgIpc) is 3.29. The van der Waals surface area contributed by atoms with Crippen molar-refractivity contribution >= 4 is 18.0 Å². The van der Waals surface area contributed by atoms with Gasteiger partial charge in [0.05, 0.1) is 12.2 Å². The number of aliphatic carboxylic acids is 1. The largest absolute Gasteiger partial charge is 0.481 e. The van der Waals surface area contributed by atoms with Crippen molar-refractivity contribution in [2.75, 3.05) is 19.7 Å². The van der Waals surface area contributed by atoms with Gasteiger partial charge in [-0.05, 0) is 44.4 Å². The SMILES string of the molecule is CCCCNC(=O)OCC(=O)NC[C@H]1[C@@H](C/C=C\CCCC(=O)O)[C@H]2CC[C@@H]1O2. The minimum Gasteiger partial charge on any atom is -0.481 e. The molecule has 2 aliphatic rings. The maximum Gasteiger partial charge on any atom is 0.407 e. The molecule has 0 aliphatic carbocycles. The molecule has 8 heteroatoms. The van der Waals surface area contributed by atoms with E-state index in [1.54, 1.807) is 0 Å². The van der Waals surface area contributed by atoms with Crippen molar-refractivity contribution < 1.29 is 29.0 Å². The summed E-state index contributed by atoms with van der Waals surface area (Å²) in [7, 11) is 0. The molecule has 2 bridgehead atoms. The fourth-order valence-electron chi connectivity index (χ4n) is 4.05. The molecule has 2 rings (SSSR count). The summed E-state index contributed by atoms with van der Waals surface area (Å²) >= 11 is 0. The van der Waals surface area contributed by atoms with Gasteiger partial charge >= 0.3 is 12.1 Å². The Bertz CT molecular complexity index is 580. The number of hydrogen-bond donors (Lipinski definition) is 3. The van der Waals surface area contributed by atoms with Gasteiger partial charge in [-0.2, -0.15) is 0 Å². The Labute approximate surface area is 172 Å². The number of carbonyl (C=O) groups is 3. The van der Waals surface area contributed by atoms with Crippen LogP contribution in [0.15, 0.2) is 12.2 Å². The molecule has 0 aromatic heterocycles. The van der Waals surface area contributed by atoms with Gasteiger partial charge in [-0.1, -0.05) is 25.5 Å². The van der Waals surface area contributed by atoms with Crippen LogP contribution in [-0.2, 0) is 19.1 Å². The molecule has 0 aromatic rings. The highest BCUT2D eigenvalue weighted by Crippen LogP contribution is 2.44. The van der Waals surface area contributed by atoms with E-state index >= 15 is 0 Å². The summed E-state index contributed by atoms with van der Waals surface area (Å²) in [6.07, 6.45) is 10.3. The van der Waals surface area contributed by atoms with E-state index in [1.807, 2.05) is 13.0 Å². The fourth-order valence-corrected chi connectivity index (χ4v) is 4.05. The molecule has 2 fully saturated rings. The molecule has 2 aliphatic heterocycles. The van der Waals surface area contributed by atoms with Crippen LogP contribution in [0.5, 0.6) is 0 Å². The summed E-state index contributed by atoms with van der Waals surface area (Å²) in [5, 5.41) is 14.1. The number of carboxylic acid groups (broad SMARTS) is 1. The Kier molecular flexibility index (Phi) is 9.97. The molecule has 0 radical (unpaired) electrons. The molecule has 0 saturated carbocycles. The van der Waals surface area contributed by atoms with Crippen LogP contribution < -0.4 is 10.6 Å². The van der Waals surface area contributed by atoms with Gasteiger partial charge < -0.3 is 25.2 Å². The van der Waals surface area contributed by atoms with Gasteiger partial charge in [-0.3, -0.25) is 9.59 Å². The number of alkyl carbamates (subject to hydrolysis) is 1. The standard InChI is InChI=1S/C21H34N2O6/c1-2-3-12-22-21(27)28-14-19(24)23-13-16-15(17-10-11-18(16)29-17)8-6-4-5-7-9-20(25)26/h4,6,15-18H,2-3,5,7-14H2,1H3,(H,22,27)(H,23,24)(H,25,26)/b6-4-/t15-,16+,17-,18+/m1/s1. The van der Waals surface area contributed by atoms with Gasteiger partial charge in [0.15, 0.2) is 6.61 Å². The lowest BCUT2D eigenvalue weighted by Crippen LogP contribution is -2.40. The second-order valence-corrected chi connectivity index (χ2v) is 7.77. The molecule has 0 aromatic carbocycles. The number of fused-ring (bicyclic) bond motifs is 2. The third-order valence-electron chi connectivity index (χ3n) is 5.60. The number of hydrogen-bond acceptors (Lipinski definition) is 5. The molecule has 164 valence electrons. The molecule has 3 N–H and O–H groups in total. The van der Waals surface area contributed by atoms with E-state index in [9.17, 15) is 14.4 Å². The van der Waals surface area contributed by atoms with Crippen molar-refractivity contribution in [3.8, 4) is 0 Å². The summed E-state index contributed by atoms with van der Waals surface area (Å²) < 4.78 is 11.0. The second kappa shape index (κ2) is 12.5. The van der Waals surface area contributed by atoms with E-state index in [0.29, 0.717) is 25.4 Å². The summed E-state index contributed by atoms with van der Waals surface area (Å²) in [6.45, 7) is 2.80. The van der Waals surface area contributed by atoms with Gasteiger partial charge in [-0.25, -0.2) is 4.79 Å². The lowest BCUT2D eigenvalue weighted by molar-refractivity contribution is -0.137. The van der Waals surface area contributed by atoms with Crippen LogP contribution in [0.4, 0.5) is 4.79 Å². The van der Waals surface area contributed by atoms with Crippen molar-refractivity contribution in [2.24, 2.45) is 11.8 Å². The molecule has 2 amide bonds. The number of carboxylic acids is 1. The van der Waals surface area contributed by atoms with Crippen LogP contribution in [0, 0.1) is 11.8 Å². The second-order valence-electron chi connectivity index (χ2n) is 7.77. The molecule has 4 atom stereocenters. The number of nitrogens with one attached hydrogen (secondary N) is 2. The number of unbranched alkanes of at least 4 members (excludes halogenated alkanes) is 2. The lowest BCUT2D eigenvalue weighted by atomic mass is 9.77. The monoisotopic (exact) mass is 410 g/mol. The van der Waals surface area contributed by atoms with Gasteiger partial charge in [0.25, 0.3) is 5.91 Å². The van der Waals surface area contributed by atoms with Crippen molar-refractivity contribution in [2.45, 2.75) is 70.5 Å². The Balaban J connectivity index is 1.68. The first-order chi connectivity index (χ1) is 14.0. The minimum atomic E-state index is -0.766. The molecule has 2 saturated heterocycles. The number of rotatable bonds is 13. The number of allylic oxidation sites excluding steroid dienone is 2. The lowest BCUT2D eigenvalue weighted by Gasteiger charge is -2.27. The van der Waals surface area contributed by atoms with Crippen LogP contribution in [0.1, 0.15) is 58.3 Å². The molecule has 29 heavy (non-hydrogen) atoms. The molecule has 0 spiro atoms. The summed E-state index contributed by atoms with van der Waals surface area (Å²) in [5.41, 5.74) is 0. The number of amides is 2. The Morgan fingerprint density at radius 2 is 1.86 bits per heavy atom. The topological polar surface area (TPSA) is 114 Å². The predicted octanol–water partition coefficient (Wildman–Crippen LogP) is 2.62. The zero-order valence-electron chi connectivity index (χ0n) is 17.2.